The second kappa shape index (κ2) is 4.18. The van der Waals surface area contributed by atoms with Crippen LogP contribution in [0.2, 0.25) is 0 Å². The summed E-state index contributed by atoms with van der Waals surface area (Å²) in [5.74, 6) is 3.67. The zero-order chi connectivity index (χ0) is 11.6. The third kappa shape index (κ3) is 2.47. The molecule has 2 N–H and O–H groups in total. The van der Waals surface area contributed by atoms with Crippen LogP contribution in [0, 0.1) is 5.82 Å². The highest BCUT2D eigenvalue weighted by molar-refractivity contribution is 9.10. The number of nitrogens with two attached hydrogens (primary N) is 1. The van der Waals surface area contributed by atoms with E-state index in [2.05, 4.69) is 21.0 Å². The van der Waals surface area contributed by atoms with E-state index in [1.165, 1.54) is 0 Å². The first-order valence-corrected chi connectivity index (χ1v) is 4.45. The van der Waals surface area contributed by atoms with Crippen LogP contribution in [0.3, 0.4) is 0 Å². The Morgan fingerprint density at radius 1 is 1.33 bits per heavy atom. The molecule has 1 aromatic rings. The average Bonchev–Trinajstić information content (AvgIpc) is 2.11. The minimum absolute atomic E-state index is 0.0783. The first-order chi connectivity index (χ1) is 6.88. The number of halogens is 5. The van der Waals surface area contributed by atoms with Crippen LogP contribution < -0.4 is 5.84 Å². The Morgan fingerprint density at radius 3 is 2.40 bits per heavy atom. The molecule has 1 rings (SSSR count). The Morgan fingerprint density at radius 2 is 1.93 bits per heavy atom. The second-order valence-electron chi connectivity index (χ2n) is 2.60. The summed E-state index contributed by atoms with van der Waals surface area (Å²) in [6.45, 7) is 0. The zero-order valence-electron chi connectivity index (χ0n) is 7.15. The van der Waals surface area contributed by atoms with E-state index in [9.17, 15) is 17.6 Å². The van der Waals surface area contributed by atoms with Gasteiger partial charge in [-0.05, 0) is 28.1 Å². The summed E-state index contributed by atoms with van der Waals surface area (Å²) in [4.78, 5) is 0. The van der Waals surface area contributed by atoms with Crippen molar-refractivity contribution in [1.82, 2.24) is 0 Å². The average molecular weight is 285 g/mol. The number of hydrogen-bond acceptors (Lipinski definition) is 2. The van der Waals surface area contributed by atoms with E-state index in [-0.39, 0.29) is 4.47 Å². The molecule has 7 heteroatoms. The molecule has 0 amide bonds. The van der Waals surface area contributed by atoms with Gasteiger partial charge in [-0.3, -0.25) is 0 Å². The van der Waals surface area contributed by atoms with Crippen molar-refractivity contribution in [2.24, 2.45) is 10.9 Å². The van der Waals surface area contributed by atoms with Gasteiger partial charge in [0.15, 0.2) is 0 Å². The lowest BCUT2D eigenvalue weighted by Gasteiger charge is -2.11. The van der Waals surface area contributed by atoms with Gasteiger partial charge in [-0.2, -0.15) is 18.3 Å². The highest BCUT2D eigenvalue weighted by atomic mass is 79.9. The molecule has 0 saturated heterocycles. The Labute approximate surface area is 90.9 Å². The molecule has 0 unspecified atom stereocenters. The van der Waals surface area contributed by atoms with Crippen LogP contribution >= 0.6 is 15.9 Å². The van der Waals surface area contributed by atoms with Crippen molar-refractivity contribution in [1.29, 1.82) is 0 Å². The van der Waals surface area contributed by atoms with Gasteiger partial charge in [0.1, 0.15) is 5.82 Å². The molecule has 82 valence electrons. The number of rotatable bonds is 1. The fraction of sp³-hybridized carbons (Fsp3) is 0.125. The van der Waals surface area contributed by atoms with E-state index >= 15 is 0 Å². The van der Waals surface area contributed by atoms with Gasteiger partial charge in [0, 0.05) is 5.56 Å². The number of benzene rings is 1. The summed E-state index contributed by atoms with van der Waals surface area (Å²) >= 11 is 2.77. The summed E-state index contributed by atoms with van der Waals surface area (Å²) in [6.07, 6.45) is -4.01. The number of hydrazone groups is 1. The van der Waals surface area contributed by atoms with Crippen molar-refractivity contribution < 1.29 is 17.6 Å². The normalized spacial score (nSPS) is 12.3. The van der Waals surface area contributed by atoms with E-state index in [0.29, 0.717) is 6.21 Å². The highest BCUT2D eigenvalue weighted by Gasteiger charge is 2.34. The van der Waals surface area contributed by atoms with E-state index < -0.39 is 23.1 Å². The molecule has 0 radical (unpaired) electrons. The Balaban J connectivity index is 3.47. The molecule has 0 saturated carbocycles. The zero-order valence-corrected chi connectivity index (χ0v) is 8.73. The summed E-state index contributed by atoms with van der Waals surface area (Å²) in [7, 11) is 0. The van der Waals surface area contributed by atoms with Crippen LogP contribution in [0.1, 0.15) is 11.1 Å². The molecular weight excluding hydrogens is 280 g/mol. The van der Waals surface area contributed by atoms with Gasteiger partial charge in [-0.15, -0.1) is 0 Å². The van der Waals surface area contributed by atoms with E-state index in [0.717, 1.165) is 12.1 Å². The molecule has 0 fully saturated rings. The molecule has 0 aromatic heterocycles. The molecule has 0 bridgehead atoms. The van der Waals surface area contributed by atoms with Gasteiger partial charge in [0.2, 0.25) is 0 Å². The first kappa shape index (κ1) is 12.0. The molecule has 1 aromatic carbocycles. The molecule has 0 atom stereocenters. The Hall–Kier alpha value is -1.11. The van der Waals surface area contributed by atoms with Crippen LogP contribution in [0.5, 0.6) is 0 Å². The molecular formula is C8H5BrF4N2. The summed E-state index contributed by atoms with van der Waals surface area (Å²) in [5.41, 5.74) is -1.79. The van der Waals surface area contributed by atoms with Gasteiger partial charge in [-0.25, -0.2) is 4.39 Å². The number of nitrogens with zero attached hydrogens (tertiary/aromatic N) is 1. The van der Waals surface area contributed by atoms with E-state index in [1.807, 2.05) is 0 Å². The maximum atomic E-state index is 13.3. The summed E-state index contributed by atoms with van der Waals surface area (Å²) < 4.78 is 50.4. The largest absolute Gasteiger partial charge is 0.417 e. The van der Waals surface area contributed by atoms with Gasteiger partial charge in [0.25, 0.3) is 0 Å². The van der Waals surface area contributed by atoms with Crippen molar-refractivity contribution in [3.8, 4) is 0 Å². The highest BCUT2D eigenvalue weighted by Crippen LogP contribution is 2.34. The molecule has 2 nitrogen and oxygen atoms in total. The van der Waals surface area contributed by atoms with Gasteiger partial charge < -0.3 is 5.84 Å². The molecule has 15 heavy (non-hydrogen) atoms. The predicted octanol–water partition coefficient (Wildman–Crippen LogP) is 2.90. The van der Waals surface area contributed by atoms with Crippen molar-refractivity contribution >= 4 is 22.1 Å². The Kier molecular flexibility index (Phi) is 3.33. The van der Waals surface area contributed by atoms with Crippen LogP contribution in [0.25, 0.3) is 0 Å². The van der Waals surface area contributed by atoms with E-state index in [4.69, 9.17) is 5.84 Å². The van der Waals surface area contributed by atoms with Crippen molar-refractivity contribution in [3.63, 3.8) is 0 Å². The number of alkyl halides is 3. The maximum absolute atomic E-state index is 13.3. The molecule has 0 spiro atoms. The van der Waals surface area contributed by atoms with Crippen molar-refractivity contribution in [3.05, 3.63) is 33.5 Å². The fourth-order valence-corrected chi connectivity index (χ4v) is 1.36. The first-order valence-electron chi connectivity index (χ1n) is 3.66. The SMILES string of the molecule is NN=Cc1c(C(F)(F)F)ccc(Br)c1F. The quantitative estimate of drug-likeness (QED) is 0.366. The van der Waals surface area contributed by atoms with Crippen molar-refractivity contribution in [2.75, 3.05) is 0 Å². The monoisotopic (exact) mass is 284 g/mol. The van der Waals surface area contributed by atoms with Gasteiger partial charge in [0.05, 0.1) is 16.3 Å². The Bertz CT molecular complexity index is 400. The molecule has 0 aliphatic rings. The maximum Gasteiger partial charge on any atom is 0.417 e. The smallest absolute Gasteiger partial charge is 0.323 e. The lowest BCUT2D eigenvalue weighted by molar-refractivity contribution is -0.137. The summed E-state index contributed by atoms with van der Waals surface area (Å²) in [5, 5.41) is 2.90. The van der Waals surface area contributed by atoms with Crippen LogP contribution in [0.4, 0.5) is 17.6 Å². The third-order valence-corrected chi connectivity index (χ3v) is 2.25. The van der Waals surface area contributed by atoms with Crippen LogP contribution in [-0.4, -0.2) is 6.21 Å². The molecule has 0 aliphatic carbocycles. The van der Waals surface area contributed by atoms with Crippen molar-refractivity contribution in [2.45, 2.75) is 6.18 Å². The van der Waals surface area contributed by atoms with Crippen LogP contribution in [0.15, 0.2) is 21.7 Å². The topological polar surface area (TPSA) is 38.4 Å². The van der Waals surface area contributed by atoms with Gasteiger partial charge >= 0.3 is 6.18 Å². The van der Waals surface area contributed by atoms with E-state index in [1.54, 1.807) is 0 Å². The summed E-state index contributed by atoms with van der Waals surface area (Å²) in [6, 6.07) is 1.73. The minimum atomic E-state index is -4.64. The lowest BCUT2D eigenvalue weighted by atomic mass is 10.1. The van der Waals surface area contributed by atoms with Crippen LogP contribution in [-0.2, 0) is 6.18 Å². The standard InChI is InChI=1S/C8H5BrF4N2/c9-6-2-1-5(8(11,12)13)4(3-15-14)7(6)10/h1-3H,14H2. The number of hydrogen-bond donors (Lipinski definition) is 1. The predicted molar refractivity (Wildman–Crippen MR) is 50.9 cm³/mol. The third-order valence-electron chi connectivity index (χ3n) is 1.64. The minimum Gasteiger partial charge on any atom is -0.323 e. The second-order valence-corrected chi connectivity index (χ2v) is 3.45. The lowest BCUT2D eigenvalue weighted by Crippen LogP contribution is -2.11. The molecule has 0 heterocycles. The van der Waals surface area contributed by atoms with Gasteiger partial charge in [-0.1, -0.05) is 0 Å². The fourth-order valence-electron chi connectivity index (χ4n) is 1.01. The molecule has 0 aliphatic heterocycles.